The molecule has 124 valence electrons. The fourth-order valence-corrected chi connectivity index (χ4v) is 2.71. The number of aryl methyl sites for hydroxylation is 1. The molecule has 0 radical (unpaired) electrons. The van der Waals surface area contributed by atoms with Crippen LogP contribution in [0.25, 0.3) is 22.2 Å². The molecule has 0 saturated heterocycles. The van der Waals surface area contributed by atoms with Crippen molar-refractivity contribution >= 4 is 16.9 Å². The Morgan fingerprint density at radius 3 is 2.29 bits per heavy atom. The van der Waals surface area contributed by atoms with Crippen molar-refractivity contribution < 1.29 is 9.53 Å². The highest BCUT2D eigenvalue weighted by molar-refractivity contribution is 6.06. The van der Waals surface area contributed by atoms with E-state index in [0.29, 0.717) is 5.56 Å². The molecule has 3 heteroatoms. The van der Waals surface area contributed by atoms with Gasteiger partial charge in [0.05, 0.1) is 23.9 Å². The first kappa shape index (κ1) is 17.7. The molecule has 0 saturated carbocycles. The van der Waals surface area contributed by atoms with E-state index in [1.165, 1.54) is 7.11 Å². The summed E-state index contributed by atoms with van der Waals surface area (Å²) in [7, 11) is 1.41. The van der Waals surface area contributed by atoms with Crippen LogP contribution < -0.4 is 0 Å². The maximum atomic E-state index is 12.3. The largest absolute Gasteiger partial charge is 0.465 e. The van der Waals surface area contributed by atoms with Gasteiger partial charge in [-0.25, -0.2) is 9.78 Å². The molecule has 0 unspecified atom stereocenters. The molecule has 3 nitrogen and oxygen atoms in total. The third-order valence-electron chi connectivity index (χ3n) is 3.82. The molecule has 3 rings (SSSR count). The highest BCUT2D eigenvalue weighted by Gasteiger charge is 2.19. The minimum Gasteiger partial charge on any atom is -0.465 e. The summed E-state index contributed by atoms with van der Waals surface area (Å²) in [6.45, 7) is 7.92. The maximum absolute atomic E-state index is 12.3. The third-order valence-corrected chi connectivity index (χ3v) is 3.82. The number of fused-ring (bicyclic) bond motifs is 1. The number of hydrogen-bond donors (Lipinski definition) is 0. The van der Waals surface area contributed by atoms with E-state index in [9.17, 15) is 4.79 Å². The number of pyridine rings is 1. The van der Waals surface area contributed by atoms with Crippen molar-refractivity contribution in [2.75, 3.05) is 7.11 Å². The molecule has 0 aliphatic rings. The molecule has 24 heavy (non-hydrogen) atoms. The van der Waals surface area contributed by atoms with E-state index in [1.54, 1.807) is 0 Å². The van der Waals surface area contributed by atoms with Crippen LogP contribution >= 0.6 is 0 Å². The SMILES string of the molecule is CC.COC(=O)c1c(C)c(-c2ccccc2)nc2ccc(C)cc12. The fourth-order valence-electron chi connectivity index (χ4n) is 2.71. The fraction of sp³-hybridized carbons (Fsp3) is 0.238. The minimum atomic E-state index is -0.326. The van der Waals surface area contributed by atoms with Crippen LogP contribution in [0.2, 0.25) is 0 Å². The molecule has 3 aromatic rings. The van der Waals surface area contributed by atoms with E-state index in [2.05, 4.69) is 0 Å². The zero-order chi connectivity index (χ0) is 17.7. The first-order valence-electron chi connectivity index (χ1n) is 8.16. The third kappa shape index (κ3) is 3.30. The first-order chi connectivity index (χ1) is 11.6. The summed E-state index contributed by atoms with van der Waals surface area (Å²) >= 11 is 0. The van der Waals surface area contributed by atoms with Crippen molar-refractivity contribution in [1.29, 1.82) is 0 Å². The summed E-state index contributed by atoms with van der Waals surface area (Å²) in [5, 5.41) is 0.837. The van der Waals surface area contributed by atoms with E-state index in [-0.39, 0.29) is 5.97 Å². The lowest BCUT2D eigenvalue weighted by Gasteiger charge is -2.13. The lowest BCUT2D eigenvalue weighted by Crippen LogP contribution is -2.07. The van der Waals surface area contributed by atoms with E-state index < -0.39 is 0 Å². The normalized spacial score (nSPS) is 10.0. The Morgan fingerprint density at radius 2 is 1.67 bits per heavy atom. The van der Waals surface area contributed by atoms with Gasteiger partial charge in [0.2, 0.25) is 0 Å². The van der Waals surface area contributed by atoms with Crippen molar-refractivity contribution in [2.45, 2.75) is 27.7 Å². The highest BCUT2D eigenvalue weighted by atomic mass is 16.5. The lowest BCUT2D eigenvalue weighted by atomic mass is 9.97. The summed E-state index contributed by atoms with van der Waals surface area (Å²) in [6.07, 6.45) is 0. The number of rotatable bonds is 2. The van der Waals surface area contributed by atoms with Gasteiger partial charge in [-0.1, -0.05) is 55.8 Å². The number of methoxy groups -OCH3 is 1. The number of nitrogens with zero attached hydrogens (tertiary/aromatic N) is 1. The van der Waals surface area contributed by atoms with E-state index in [0.717, 1.165) is 33.3 Å². The van der Waals surface area contributed by atoms with Gasteiger partial charge < -0.3 is 4.74 Å². The molecular formula is C21H23NO2. The maximum Gasteiger partial charge on any atom is 0.338 e. The minimum absolute atomic E-state index is 0.326. The number of benzene rings is 2. The van der Waals surface area contributed by atoms with Crippen molar-refractivity contribution in [3.63, 3.8) is 0 Å². The Balaban J connectivity index is 0.00000100. The average molecular weight is 321 g/mol. The molecule has 0 aliphatic heterocycles. The van der Waals surface area contributed by atoms with E-state index >= 15 is 0 Å². The van der Waals surface area contributed by atoms with Crippen molar-refractivity contribution in [1.82, 2.24) is 4.98 Å². The summed E-state index contributed by atoms with van der Waals surface area (Å²) in [5.74, 6) is -0.326. The average Bonchev–Trinajstić information content (AvgIpc) is 2.63. The van der Waals surface area contributed by atoms with Gasteiger partial charge in [0.1, 0.15) is 0 Å². The predicted molar refractivity (Wildman–Crippen MR) is 99.3 cm³/mol. The topological polar surface area (TPSA) is 39.2 Å². The molecule has 2 aromatic carbocycles. The van der Waals surface area contributed by atoms with E-state index in [4.69, 9.17) is 9.72 Å². The number of ether oxygens (including phenoxy) is 1. The first-order valence-corrected chi connectivity index (χ1v) is 8.16. The molecule has 0 amide bonds. The highest BCUT2D eigenvalue weighted by Crippen LogP contribution is 2.30. The van der Waals surface area contributed by atoms with Crippen LogP contribution in [-0.4, -0.2) is 18.1 Å². The van der Waals surface area contributed by atoms with Crippen LogP contribution in [0.1, 0.15) is 35.3 Å². The standard InChI is InChI=1S/C19H17NO2.C2H6/c1-12-9-10-16-15(11-12)17(19(21)22-3)13(2)18(20-16)14-7-5-4-6-8-14;1-2/h4-11H,1-3H3;1-2H3. The molecule has 0 N–H and O–H groups in total. The van der Waals surface area contributed by atoms with Crippen LogP contribution in [0.4, 0.5) is 0 Å². The zero-order valence-electron chi connectivity index (χ0n) is 14.9. The Morgan fingerprint density at radius 1 is 1.00 bits per heavy atom. The van der Waals surface area contributed by atoms with Gasteiger partial charge in [0.25, 0.3) is 0 Å². The molecule has 0 spiro atoms. The van der Waals surface area contributed by atoms with Crippen LogP contribution in [-0.2, 0) is 4.74 Å². The second-order valence-corrected chi connectivity index (χ2v) is 5.34. The van der Waals surface area contributed by atoms with Gasteiger partial charge >= 0.3 is 5.97 Å². The van der Waals surface area contributed by atoms with Gasteiger partial charge in [-0.15, -0.1) is 0 Å². The number of aromatic nitrogens is 1. The van der Waals surface area contributed by atoms with Crippen LogP contribution in [0.15, 0.2) is 48.5 Å². The number of hydrogen-bond acceptors (Lipinski definition) is 3. The van der Waals surface area contributed by atoms with Gasteiger partial charge in [-0.3, -0.25) is 0 Å². The summed E-state index contributed by atoms with van der Waals surface area (Å²) in [4.78, 5) is 17.0. The molecule has 0 fully saturated rings. The van der Waals surface area contributed by atoms with Crippen LogP contribution in [0.3, 0.4) is 0 Å². The zero-order valence-corrected chi connectivity index (χ0v) is 14.9. The second-order valence-electron chi connectivity index (χ2n) is 5.34. The number of carbonyl (C=O) groups is 1. The Hall–Kier alpha value is -2.68. The summed E-state index contributed by atoms with van der Waals surface area (Å²) < 4.78 is 4.99. The van der Waals surface area contributed by atoms with Crippen molar-refractivity contribution in [3.05, 3.63) is 65.2 Å². The van der Waals surface area contributed by atoms with E-state index in [1.807, 2.05) is 76.2 Å². The summed E-state index contributed by atoms with van der Waals surface area (Å²) in [5.41, 5.74) is 5.14. The Kier molecular flexibility index (Phi) is 5.69. The van der Waals surface area contributed by atoms with Gasteiger partial charge in [0.15, 0.2) is 0 Å². The quantitative estimate of drug-likeness (QED) is 0.599. The molecular weight excluding hydrogens is 298 g/mol. The lowest BCUT2D eigenvalue weighted by molar-refractivity contribution is 0.0602. The molecule has 1 heterocycles. The number of carbonyl (C=O) groups excluding carboxylic acids is 1. The van der Waals surface area contributed by atoms with Crippen LogP contribution in [0.5, 0.6) is 0 Å². The van der Waals surface area contributed by atoms with Crippen LogP contribution in [0, 0.1) is 13.8 Å². The Bertz CT molecular complexity index is 855. The smallest absolute Gasteiger partial charge is 0.338 e. The monoisotopic (exact) mass is 321 g/mol. The van der Waals surface area contributed by atoms with Crippen molar-refractivity contribution in [2.24, 2.45) is 0 Å². The number of esters is 1. The molecule has 0 aliphatic carbocycles. The van der Waals surface area contributed by atoms with Crippen molar-refractivity contribution in [3.8, 4) is 11.3 Å². The van der Waals surface area contributed by atoms with Gasteiger partial charge in [-0.2, -0.15) is 0 Å². The molecule has 1 aromatic heterocycles. The molecule has 0 bridgehead atoms. The summed E-state index contributed by atoms with van der Waals surface area (Å²) in [6, 6.07) is 15.8. The second kappa shape index (κ2) is 7.73. The molecule has 0 atom stereocenters. The predicted octanol–water partition coefficient (Wildman–Crippen LogP) is 5.33. The van der Waals surface area contributed by atoms with Gasteiger partial charge in [0, 0.05) is 10.9 Å². The van der Waals surface area contributed by atoms with Gasteiger partial charge in [-0.05, 0) is 31.5 Å². The Labute approximate surface area is 143 Å².